The van der Waals surface area contributed by atoms with E-state index >= 15 is 0 Å². The number of carbonyl (C=O) groups excluding carboxylic acids is 4. The number of hydrogen-bond donors (Lipinski definition) is 3. The van der Waals surface area contributed by atoms with E-state index in [-0.39, 0.29) is 17.2 Å². The van der Waals surface area contributed by atoms with E-state index in [1.54, 1.807) is 76.8 Å². The maximum Gasteiger partial charge on any atom is 0.412 e. The van der Waals surface area contributed by atoms with Gasteiger partial charge in [0.2, 0.25) is 0 Å². The fourth-order valence-electron chi connectivity index (χ4n) is 3.85. The van der Waals surface area contributed by atoms with E-state index in [1.807, 2.05) is 32.2 Å². The molecule has 2 aromatic heterocycles. The minimum Gasteiger partial charge on any atom is -0.464 e. The van der Waals surface area contributed by atoms with Gasteiger partial charge in [0.1, 0.15) is 28.5 Å². The predicted octanol–water partition coefficient (Wildman–Crippen LogP) is 5.88. The van der Waals surface area contributed by atoms with Crippen LogP contribution in [0.5, 0.6) is 0 Å². The molecule has 0 aliphatic carbocycles. The largest absolute Gasteiger partial charge is 0.464 e. The van der Waals surface area contributed by atoms with Gasteiger partial charge in [-0.1, -0.05) is 26.0 Å². The van der Waals surface area contributed by atoms with Gasteiger partial charge in [0, 0.05) is 37.7 Å². The molecule has 0 aliphatic heterocycles. The topological polar surface area (TPSA) is 145 Å². The van der Waals surface area contributed by atoms with E-state index in [2.05, 4.69) is 20.9 Å². The summed E-state index contributed by atoms with van der Waals surface area (Å²) >= 11 is 0. The first-order valence-electron chi connectivity index (χ1n) is 14.1. The van der Waals surface area contributed by atoms with Crippen LogP contribution in [-0.2, 0) is 28.4 Å². The Morgan fingerprint density at radius 2 is 1.48 bits per heavy atom. The van der Waals surface area contributed by atoms with Crippen LogP contribution in [0.15, 0.2) is 65.7 Å². The standard InChI is InChI=1S/C30H36N6O6.C2H6/c1-9-25(31-18(2)26(37)32-22-15-24(28(39)41-8)36(7)17-22)34-27(38)23-14-20(16-35(23)6)19-10-12-21(13-11-19)33-29(40)42-30(3,4)5;1-2/h9-17H,1-8H3,(H,32,37)(H,33,40)(H,34,38);1-2H3/b25-9+,31-18+;. The Balaban J connectivity index is 0.00000330. The van der Waals surface area contributed by atoms with Crippen LogP contribution in [0.3, 0.4) is 0 Å². The number of carbonyl (C=O) groups is 4. The first-order valence-corrected chi connectivity index (χ1v) is 14.1. The molecule has 3 rings (SSSR count). The number of ether oxygens (including phenoxy) is 2. The second-order valence-electron chi connectivity index (χ2n) is 10.4. The van der Waals surface area contributed by atoms with Crippen molar-refractivity contribution in [3.63, 3.8) is 0 Å². The van der Waals surface area contributed by atoms with Gasteiger partial charge in [-0.05, 0) is 70.5 Å². The molecule has 2 heterocycles. The van der Waals surface area contributed by atoms with Crippen molar-refractivity contribution in [1.29, 1.82) is 0 Å². The third-order valence-electron chi connectivity index (χ3n) is 5.89. The van der Waals surface area contributed by atoms with Crippen molar-refractivity contribution in [3.8, 4) is 11.1 Å². The second-order valence-corrected chi connectivity index (χ2v) is 10.4. The number of aryl methyl sites for hydroxylation is 2. The van der Waals surface area contributed by atoms with Gasteiger partial charge in [0.25, 0.3) is 11.8 Å². The lowest BCUT2D eigenvalue weighted by Gasteiger charge is -2.19. The number of esters is 1. The van der Waals surface area contributed by atoms with Gasteiger partial charge in [0.15, 0.2) is 0 Å². The van der Waals surface area contributed by atoms with Crippen molar-refractivity contribution >= 4 is 41.0 Å². The van der Waals surface area contributed by atoms with Crippen molar-refractivity contribution in [2.24, 2.45) is 19.1 Å². The molecule has 236 valence electrons. The molecule has 3 N–H and O–H groups in total. The van der Waals surface area contributed by atoms with Crippen LogP contribution >= 0.6 is 0 Å². The first kappa shape index (κ1) is 35.1. The van der Waals surface area contributed by atoms with E-state index in [0.29, 0.717) is 17.1 Å². The summed E-state index contributed by atoms with van der Waals surface area (Å²) in [5, 5.41) is 8.10. The lowest BCUT2D eigenvalue weighted by atomic mass is 10.1. The number of nitrogens with one attached hydrogen (secondary N) is 3. The Labute approximate surface area is 258 Å². The summed E-state index contributed by atoms with van der Waals surface area (Å²) in [6, 6.07) is 10.4. The van der Waals surface area contributed by atoms with E-state index in [0.717, 1.165) is 11.1 Å². The summed E-state index contributed by atoms with van der Waals surface area (Å²) < 4.78 is 13.2. The molecule has 0 saturated heterocycles. The van der Waals surface area contributed by atoms with Crippen LogP contribution in [0.1, 0.15) is 69.4 Å². The number of aromatic nitrogens is 2. The van der Waals surface area contributed by atoms with E-state index in [9.17, 15) is 19.2 Å². The number of amides is 3. The number of aliphatic imine (C=N–C) groups is 1. The molecular formula is C32H42N6O6. The zero-order valence-corrected chi connectivity index (χ0v) is 27.0. The molecule has 0 aliphatic rings. The average molecular weight is 607 g/mol. The highest BCUT2D eigenvalue weighted by atomic mass is 16.6. The molecule has 0 bridgehead atoms. The minimum atomic E-state index is -0.603. The number of rotatable bonds is 8. The van der Waals surface area contributed by atoms with Crippen molar-refractivity contribution < 1.29 is 28.7 Å². The van der Waals surface area contributed by atoms with Crippen molar-refractivity contribution in [1.82, 2.24) is 14.5 Å². The summed E-state index contributed by atoms with van der Waals surface area (Å²) in [6.07, 6.45) is 4.42. The molecule has 0 unspecified atom stereocenters. The van der Waals surface area contributed by atoms with Crippen molar-refractivity contribution in [2.75, 3.05) is 17.7 Å². The number of nitrogens with zero attached hydrogens (tertiary/aromatic N) is 3. The van der Waals surface area contributed by atoms with Gasteiger partial charge in [-0.15, -0.1) is 0 Å². The summed E-state index contributed by atoms with van der Waals surface area (Å²) in [7, 11) is 4.68. The SMILES string of the molecule is C/C=C(\N=C(/C)C(=O)Nc1cc(C(=O)OC)n(C)c1)NC(=O)c1cc(-c2ccc(NC(=O)OC(C)(C)C)cc2)cn1C.CC. The Morgan fingerprint density at radius 3 is 2.05 bits per heavy atom. The van der Waals surface area contributed by atoms with Gasteiger partial charge in [-0.3, -0.25) is 14.9 Å². The van der Waals surface area contributed by atoms with Crippen molar-refractivity contribution in [2.45, 2.75) is 54.1 Å². The highest BCUT2D eigenvalue weighted by Gasteiger charge is 2.18. The van der Waals surface area contributed by atoms with Gasteiger partial charge in [0.05, 0.1) is 12.8 Å². The fraction of sp³-hybridized carbons (Fsp3) is 0.344. The quantitative estimate of drug-likeness (QED) is 0.216. The van der Waals surface area contributed by atoms with Crippen molar-refractivity contribution in [3.05, 3.63) is 72.1 Å². The van der Waals surface area contributed by atoms with Gasteiger partial charge < -0.3 is 29.2 Å². The molecule has 0 spiro atoms. The Kier molecular flexibility index (Phi) is 12.3. The van der Waals surface area contributed by atoms with Crippen LogP contribution < -0.4 is 16.0 Å². The summed E-state index contributed by atoms with van der Waals surface area (Å²) in [6.45, 7) is 12.6. The first-order chi connectivity index (χ1) is 20.7. The molecule has 44 heavy (non-hydrogen) atoms. The van der Waals surface area contributed by atoms with Crippen LogP contribution in [0.4, 0.5) is 16.2 Å². The number of methoxy groups -OCH3 is 1. The third-order valence-corrected chi connectivity index (χ3v) is 5.89. The highest BCUT2D eigenvalue weighted by molar-refractivity contribution is 6.42. The Bertz CT molecular complexity index is 1550. The normalized spacial score (nSPS) is 11.6. The molecule has 3 amide bonds. The third kappa shape index (κ3) is 9.72. The summed E-state index contributed by atoms with van der Waals surface area (Å²) in [5.41, 5.74) is 2.75. The molecule has 0 atom stereocenters. The lowest BCUT2D eigenvalue weighted by molar-refractivity contribution is -0.110. The number of allylic oxidation sites excluding steroid dienone is 1. The van der Waals surface area contributed by atoms with Crippen LogP contribution in [0.25, 0.3) is 11.1 Å². The minimum absolute atomic E-state index is 0.0968. The lowest BCUT2D eigenvalue weighted by Crippen LogP contribution is -2.27. The fourth-order valence-corrected chi connectivity index (χ4v) is 3.85. The summed E-state index contributed by atoms with van der Waals surface area (Å²) in [5.74, 6) is -1.26. The molecular weight excluding hydrogens is 564 g/mol. The number of benzene rings is 1. The second kappa shape index (κ2) is 15.4. The van der Waals surface area contributed by atoms with Crippen LogP contribution in [-0.4, -0.2) is 51.4 Å². The van der Waals surface area contributed by atoms with Gasteiger partial charge in [-0.2, -0.15) is 0 Å². The molecule has 12 nitrogen and oxygen atoms in total. The molecule has 1 aromatic carbocycles. The maximum absolute atomic E-state index is 13.1. The Morgan fingerprint density at radius 1 is 0.864 bits per heavy atom. The molecule has 0 saturated carbocycles. The zero-order chi connectivity index (χ0) is 33.2. The van der Waals surface area contributed by atoms with Gasteiger partial charge in [-0.25, -0.2) is 14.6 Å². The monoisotopic (exact) mass is 606 g/mol. The molecule has 0 radical (unpaired) electrons. The van der Waals surface area contributed by atoms with E-state index in [1.165, 1.54) is 24.7 Å². The smallest absolute Gasteiger partial charge is 0.412 e. The summed E-state index contributed by atoms with van der Waals surface area (Å²) in [4.78, 5) is 53.9. The van der Waals surface area contributed by atoms with E-state index < -0.39 is 29.5 Å². The number of anilines is 2. The maximum atomic E-state index is 13.1. The Hall–Kier alpha value is -5.13. The molecule has 12 heteroatoms. The van der Waals surface area contributed by atoms with E-state index in [4.69, 9.17) is 9.47 Å². The van der Waals surface area contributed by atoms with Crippen LogP contribution in [0.2, 0.25) is 0 Å². The number of hydrogen-bond acceptors (Lipinski definition) is 7. The van der Waals surface area contributed by atoms with Crippen LogP contribution in [0, 0.1) is 0 Å². The zero-order valence-electron chi connectivity index (χ0n) is 27.0. The molecule has 3 aromatic rings. The molecule has 0 fully saturated rings. The average Bonchev–Trinajstić information content (AvgIpc) is 3.54. The highest BCUT2D eigenvalue weighted by Crippen LogP contribution is 2.24. The van der Waals surface area contributed by atoms with Gasteiger partial charge >= 0.3 is 12.1 Å². The predicted molar refractivity (Wildman–Crippen MR) is 172 cm³/mol.